The summed E-state index contributed by atoms with van der Waals surface area (Å²) in [5, 5.41) is 76.6. The highest BCUT2D eigenvalue weighted by Crippen LogP contribution is 2.39. The third-order valence-electron chi connectivity index (χ3n) is 13.9. The summed E-state index contributed by atoms with van der Waals surface area (Å²) >= 11 is 0. The van der Waals surface area contributed by atoms with Gasteiger partial charge in [0, 0.05) is 90.3 Å². The third-order valence-corrected chi connectivity index (χ3v) is 13.9. The van der Waals surface area contributed by atoms with Crippen LogP contribution in [0.25, 0.3) is 10.9 Å². The molecule has 83 heavy (non-hydrogen) atoms. The summed E-state index contributed by atoms with van der Waals surface area (Å²) < 4.78 is 35.6. The van der Waals surface area contributed by atoms with Crippen molar-refractivity contribution in [3.63, 3.8) is 0 Å². The summed E-state index contributed by atoms with van der Waals surface area (Å²) in [6.45, 7) is 11.3. The molecule has 3 aliphatic rings. The van der Waals surface area contributed by atoms with Crippen molar-refractivity contribution in [2.75, 3.05) is 119 Å². The van der Waals surface area contributed by atoms with E-state index < -0.39 is 60.1 Å². The molecule has 28 heteroatoms. The minimum atomic E-state index is -1.30. The van der Waals surface area contributed by atoms with Crippen LogP contribution in [0, 0.1) is 0 Å². The highest BCUT2D eigenvalue weighted by molar-refractivity contribution is 5.93. The molecular formula is C55H98N12O16. The molecule has 0 radical (unpaired) electrons. The van der Waals surface area contributed by atoms with Gasteiger partial charge in [-0.05, 0) is 59.4 Å². The quantitative estimate of drug-likeness (QED) is 0.0220. The van der Waals surface area contributed by atoms with Gasteiger partial charge < -0.3 is 96.9 Å². The van der Waals surface area contributed by atoms with Gasteiger partial charge in [0.2, 0.25) is 17.7 Å². The number of H-pyrrole nitrogens is 1. The summed E-state index contributed by atoms with van der Waals surface area (Å²) in [4.78, 5) is 62.9. The molecule has 1 aromatic carbocycles. The number of methoxy groups -OCH3 is 1. The topological polar surface area (TPSA) is 391 Å². The van der Waals surface area contributed by atoms with Gasteiger partial charge in [-0.15, -0.1) is 0 Å². The number of ether oxygens (including phenoxy) is 6. The van der Waals surface area contributed by atoms with Crippen LogP contribution < -0.4 is 54.2 Å². The number of aromatic amines is 1. The summed E-state index contributed by atoms with van der Waals surface area (Å²) in [5.74, 6) is -0.625. The zero-order valence-corrected chi connectivity index (χ0v) is 48.6. The summed E-state index contributed by atoms with van der Waals surface area (Å²) in [6.07, 6.45) is -1.79. The van der Waals surface area contributed by atoms with E-state index in [0.717, 1.165) is 56.6 Å². The van der Waals surface area contributed by atoms with Gasteiger partial charge in [-0.1, -0.05) is 39.8 Å². The maximum absolute atomic E-state index is 12.5. The normalized spacial score (nSPS) is 23.7. The molecule has 0 saturated carbocycles. The van der Waals surface area contributed by atoms with Crippen LogP contribution in [0.4, 0.5) is 5.69 Å². The zero-order chi connectivity index (χ0) is 60.0. The largest absolute Gasteiger partial charge is 0.397 e. The van der Waals surface area contributed by atoms with Gasteiger partial charge >= 0.3 is 5.69 Å². The fourth-order valence-corrected chi connectivity index (χ4v) is 9.42. The first-order valence-corrected chi connectivity index (χ1v) is 28.6. The first kappa shape index (κ1) is 72.2. The first-order chi connectivity index (χ1) is 39.5. The Kier molecular flexibility index (Phi) is 34.4. The van der Waals surface area contributed by atoms with Crippen molar-refractivity contribution in [2.24, 2.45) is 0 Å². The van der Waals surface area contributed by atoms with Crippen LogP contribution >= 0.6 is 0 Å². The molecule has 3 amide bonds. The Morgan fingerprint density at radius 1 is 0.723 bits per heavy atom. The van der Waals surface area contributed by atoms with E-state index in [2.05, 4.69) is 47.3 Å². The maximum Gasteiger partial charge on any atom is 0.328 e. The lowest BCUT2D eigenvalue weighted by Crippen LogP contribution is -2.37. The molecule has 0 bridgehead atoms. The third kappa shape index (κ3) is 23.4. The van der Waals surface area contributed by atoms with Crippen LogP contribution in [0.1, 0.15) is 96.1 Å². The Balaban J connectivity index is 0.000000347. The van der Waals surface area contributed by atoms with Gasteiger partial charge in [0.05, 0.1) is 74.2 Å². The van der Waals surface area contributed by atoms with E-state index >= 15 is 0 Å². The van der Waals surface area contributed by atoms with Crippen molar-refractivity contribution in [3.8, 4) is 0 Å². The molecule has 3 fully saturated rings. The summed E-state index contributed by atoms with van der Waals surface area (Å²) in [6, 6.07) is 5.32. The number of amides is 3. The standard InChI is InChI=1S/C22H37N5O7.C22H35N5O6.C10H22N2O3.CH4/c1-3-15-18(30)19(31)20(34-15)14-13-27(22(33)26-21(14)32)12-8-17(29)25-11-10-24-16(28)7-5-4-6-9-23-2;1-3-16-20(29)21(30)22(33-16)18-14-5-4-6-15(23)19(14)27(26-18)13-17(28)25-8-10-32-12-11-31-9-7-24-2;1-11-3-4-12-6-8-5-9(13)10(15-8)7-14-2;/h13,15,18-20,23,30-31H,3-12H2,1-2H3,(H,24,28)(H,25,29)(H,26,32,33);4-6,16,20-22,24,29-30H,3,7-13,23H2,1-2H3,(H,25,28);8-13H,3-7H2,1-2H3;1H4. The second-order valence-corrected chi connectivity index (χ2v) is 20.2. The van der Waals surface area contributed by atoms with Crippen LogP contribution in [0.3, 0.4) is 0 Å². The predicted octanol–water partition coefficient (Wildman–Crippen LogP) is -2.33. The van der Waals surface area contributed by atoms with Crippen LogP contribution in [0.2, 0.25) is 0 Å². The number of hydrogen-bond donors (Lipinski definition) is 14. The number of aliphatic hydroxyl groups excluding tert-OH is 5. The number of benzene rings is 1. The number of nitrogens with one attached hydrogen (secondary N) is 8. The smallest absolute Gasteiger partial charge is 0.328 e. The van der Waals surface area contributed by atoms with Crippen molar-refractivity contribution >= 4 is 34.3 Å². The first-order valence-electron chi connectivity index (χ1n) is 28.6. The molecule has 6 rings (SSSR count). The number of aromatic nitrogens is 4. The van der Waals surface area contributed by atoms with Crippen molar-refractivity contribution in [1.29, 1.82) is 0 Å². The van der Waals surface area contributed by atoms with Gasteiger partial charge in [-0.3, -0.25) is 33.4 Å². The van der Waals surface area contributed by atoms with Gasteiger partial charge in [0.25, 0.3) is 5.56 Å². The fourth-order valence-electron chi connectivity index (χ4n) is 9.42. The van der Waals surface area contributed by atoms with E-state index in [1.807, 2.05) is 34.1 Å². The van der Waals surface area contributed by atoms with E-state index in [4.69, 9.17) is 34.2 Å². The number of aryl methyl sites for hydroxylation is 1. The van der Waals surface area contributed by atoms with Gasteiger partial charge in [0.1, 0.15) is 55.0 Å². The van der Waals surface area contributed by atoms with Crippen LogP contribution in [0.5, 0.6) is 0 Å². The lowest BCUT2D eigenvalue weighted by molar-refractivity contribution is -0.123. The number of hydrogen-bond acceptors (Lipinski definition) is 22. The predicted molar refractivity (Wildman–Crippen MR) is 312 cm³/mol. The second-order valence-electron chi connectivity index (χ2n) is 20.2. The number of para-hydroxylation sites is 1. The van der Waals surface area contributed by atoms with Crippen molar-refractivity contribution in [1.82, 2.24) is 56.5 Å². The highest BCUT2D eigenvalue weighted by Gasteiger charge is 2.45. The van der Waals surface area contributed by atoms with Crippen molar-refractivity contribution in [3.05, 3.63) is 56.5 Å². The molecule has 28 nitrogen and oxygen atoms in total. The Labute approximate surface area is 486 Å². The number of rotatable bonds is 34. The molecule has 2 aromatic heterocycles. The number of anilines is 1. The SMILES string of the molecule is C.CCC1OC(c2cn(CCC(=O)NCCNC(=O)CCCCCNC)c(=O)[nH]c2=O)C(O)C1O.CCC1OC(c2nn(CC(=O)NCCOCCOCCNC)c3c(N)cccc23)C(O)C1O.CNCCNCC1CC(O)C(COC)O1. The second kappa shape index (κ2) is 39.6. The molecule has 3 aromatic rings. The number of aliphatic hydroxyl groups is 5. The van der Waals surface area contributed by atoms with Crippen LogP contribution in [-0.4, -0.2) is 231 Å². The zero-order valence-electron chi connectivity index (χ0n) is 48.6. The van der Waals surface area contributed by atoms with E-state index in [9.17, 15) is 49.5 Å². The van der Waals surface area contributed by atoms with Crippen molar-refractivity contribution < 1.29 is 68.3 Å². The number of nitrogens with zero attached hydrogens (tertiary/aromatic N) is 3. The molecule has 3 aliphatic heterocycles. The Hall–Kier alpha value is -5.02. The molecule has 11 unspecified atom stereocenters. The minimum Gasteiger partial charge on any atom is -0.397 e. The summed E-state index contributed by atoms with van der Waals surface area (Å²) in [5.41, 5.74) is 6.28. The molecule has 474 valence electrons. The van der Waals surface area contributed by atoms with E-state index in [1.54, 1.807) is 26.2 Å². The molecule has 0 spiro atoms. The van der Waals surface area contributed by atoms with E-state index in [0.29, 0.717) is 94.1 Å². The molecule has 15 N–H and O–H groups in total. The van der Waals surface area contributed by atoms with Crippen LogP contribution in [0.15, 0.2) is 34.0 Å². The Morgan fingerprint density at radius 2 is 1.34 bits per heavy atom. The molecular weight excluding hydrogens is 1080 g/mol. The number of carbonyl (C=O) groups excluding carboxylic acids is 3. The molecule has 0 aliphatic carbocycles. The fraction of sp³-hybridized carbons (Fsp3) is 0.745. The lowest BCUT2D eigenvalue weighted by Gasteiger charge is -2.15. The monoisotopic (exact) mass is 1180 g/mol. The molecule has 11 atom stereocenters. The van der Waals surface area contributed by atoms with Gasteiger partial charge in [-0.25, -0.2) is 4.79 Å². The van der Waals surface area contributed by atoms with Crippen LogP contribution in [-0.2, 0) is 55.9 Å². The van der Waals surface area contributed by atoms with E-state index in [1.165, 1.54) is 10.9 Å². The minimum absolute atomic E-state index is 0. The lowest BCUT2D eigenvalue weighted by atomic mass is 10.0. The highest BCUT2D eigenvalue weighted by atomic mass is 16.6. The molecule has 3 saturated heterocycles. The number of likely N-dealkylation sites (N-methyl/N-ethyl adjacent to an activating group) is 2. The number of nitrogens with two attached hydrogens (primary N) is 1. The van der Waals surface area contributed by atoms with Gasteiger partial charge in [0.15, 0.2) is 0 Å². The van der Waals surface area contributed by atoms with Gasteiger partial charge in [-0.2, -0.15) is 5.10 Å². The Bertz CT molecular complexity index is 2450. The number of carbonyl (C=O) groups is 3. The maximum atomic E-state index is 12.5. The average Bonchev–Trinajstić information content (AvgIpc) is 4.13. The van der Waals surface area contributed by atoms with E-state index in [-0.39, 0.29) is 75.1 Å². The van der Waals surface area contributed by atoms with Crippen molar-refractivity contribution in [2.45, 2.75) is 153 Å². The molecule has 5 heterocycles. The number of unbranched alkanes of at least 4 members (excludes halogenated alkanes) is 2. The number of nitrogen functional groups attached to an aromatic ring is 1. The summed E-state index contributed by atoms with van der Waals surface area (Å²) in [7, 11) is 7.30. The number of fused-ring (bicyclic) bond motifs is 1. The average molecular weight is 1180 g/mol. The Morgan fingerprint density at radius 3 is 1.96 bits per heavy atom.